The van der Waals surface area contributed by atoms with Gasteiger partial charge in [-0.2, -0.15) is 0 Å². The number of halogens is 2. The number of hydrogen-bond acceptors (Lipinski definition) is 2. The lowest BCUT2D eigenvalue weighted by molar-refractivity contribution is 0.567. The Morgan fingerprint density at radius 2 is 2.18 bits per heavy atom. The summed E-state index contributed by atoms with van der Waals surface area (Å²) in [6, 6.07) is 1.97. The number of rotatable bonds is 1. The van der Waals surface area contributed by atoms with Crippen molar-refractivity contribution < 1.29 is 0 Å². The van der Waals surface area contributed by atoms with Gasteiger partial charge in [0.15, 0.2) is 0 Å². The van der Waals surface area contributed by atoms with Crippen LogP contribution in [0.15, 0.2) is 10.5 Å². The summed E-state index contributed by atoms with van der Waals surface area (Å²) in [6.07, 6.45) is 0. The second-order valence-corrected chi connectivity index (χ2v) is 5.46. The van der Waals surface area contributed by atoms with E-state index in [4.69, 9.17) is 17.3 Å². The van der Waals surface area contributed by atoms with Crippen LogP contribution in [0.3, 0.4) is 0 Å². The van der Waals surface area contributed by atoms with Gasteiger partial charge >= 0.3 is 0 Å². The maximum Gasteiger partial charge on any atom is 0.107 e. The van der Waals surface area contributed by atoms with Crippen LogP contribution in [0.25, 0.3) is 0 Å². The Kier molecular flexibility index (Phi) is 2.64. The van der Waals surface area contributed by atoms with Crippen LogP contribution in [0.1, 0.15) is 18.7 Å². The largest absolute Gasteiger partial charge is 0.321 e. The fourth-order valence-electron chi connectivity index (χ4n) is 0.664. The van der Waals surface area contributed by atoms with E-state index in [0.29, 0.717) is 0 Å². The summed E-state index contributed by atoms with van der Waals surface area (Å²) in [5.74, 6) is 0. The predicted molar refractivity (Wildman–Crippen MR) is 54.2 cm³/mol. The third-order valence-electron chi connectivity index (χ3n) is 1.28. The van der Waals surface area contributed by atoms with Crippen LogP contribution in [0.5, 0.6) is 0 Å². The van der Waals surface area contributed by atoms with Crippen molar-refractivity contribution in [3.05, 3.63) is 19.8 Å². The molecule has 4 heteroatoms. The summed E-state index contributed by atoms with van der Waals surface area (Å²) >= 11 is 10.7. The van der Waals surface area contributed by atoms with Gasteiger partial charge in [-0.05, 0) is 35.8 Å². The molecule has 1 rings (SSSR count). The van der Waals surface area contributed by atoms with Crippen LogP contribution in [0.2, 0.25) is 4.34 Å². The van der Waals surface area contributed by atoms with E-state index in [-0.39, 0.29) is 5.54 Å². The molecule has 2 N–H and O–H groups in total. The summed E-state index contributed by atoms with van der Waals surface area (Å²) in [4.78, 5) is 1.09. The highest BCUT2D eigenvalue weighted by Crippen LogP contribution is 2.36. The smallest absolute Gasteiger partial charge is 0.107 e. The zero-order valence-electron chi connectivity index (χ0n) is 6.32. The van der Waals surface area contributed by atoms with Crippen molar-refractivity contribution >= 4 is 38.9 Å². The van der Waals surface area contributed by atoms with Crippen LogP contribution in [0.4, 0.5) is 0 Å². The number of thiophene rings is 1. The fourth-order valence-corrected chi connectivity index (χ4v) is 2.38. The summed E-state index contributed by atoms with van der Waals surface area (Å²) < 4.78 is 1.69. The van der Waals surface area contributed by atoms with E-state index < -0.39 is 0 Å². The Bertz CT molecular complexity index is 244. The van der Waals surface area contributed by atoms with Crippen molar-refractivity contribution in [2.75, 3.05) is 0 Å². The van der Waals surface area contributed by atoms with E-state index in [2.05, 4.69) is 15.9 Å². The molecule has 0 atom stereocenters. The highest BCUT2D eigenvalue weighted by Gasteiger charge is 2.18. The van der Waals surface area contributed by atoms with Gasteiger partial charge in [-0.15, -0.1) is 11.3 Å². The Morgan fingerprint density at radius 1 is 1.64 bits per heavy atom. The molecule has 0 bridgehead atoms. The minimum Gasteiger partial charge on any atom is -0.321 e. The first-order valence-corrected chi connectivity index (χ1v) is 5.14. The molecule has 0 aliphatic heterocycles. The molecule has 0 aliphatic rings. The van der Waals surface area contributed by atoms with Gasteiger partial charge in [0.1, 0.15) is 4.34 Å². The van der Waals surface area contributed by atoms with E-state index >= 15 is 0 Å². The van der Waals surface area contributed by atoms with Gasteiger partial charge in [0, 0.05) is 14.9 Å². The van der Waals surface area contributed by atoms with Gasteiger partial charge in [0.05, 0.1) is 0 Å². The minimum absolute atomic E-state index is 0.291. The second-order valence-electron chi connectivity index (χ2n) is 2.95. The molecule has 1 aromatic rings. The summed E-state index contributed by atoms with van der Waals surface area (Å²) in [6.45, 7) is 3.92. The molecule has 62 valence electrons. The lowest BCUT2D eigenvalue weighted by Gasteiger charge is -2.15. The second kappa shape index (κ2) is 3.05. The Morgan fingerprint density at radius 3 is 2.36 bits per heavy atom. The maximum atomic E-state index is 5.87. The van der Waals surface area contributed by atoms with Crippen molar-refractivity contribution in [3.63, 3.8) is 0 Å². The molecule has 1 nitrogen and oxygen atoms in total. The van der Waals surface area contributed by atoms with Crippen LogP contribution in [-0.4, -0.2) is 0 Å². The van der Waals surface area contributed by atoms with Gasteiger partial charge in [-0.25, -0.2) is 0 Å². The molecule has 0 saturated heterocycles. The maximum absolute atomic E-state index is 5.87. The topological polar surface area (TPSA) is 26.0 Å². The molecular weight excluding hydrogens is 246 g/mol. The third kappa shape index (κ3) is 2.18. The van der Waals surface area contributed by atoms with Gasteiger partial charge in [0.25, 0.3) is 0 Å². The lowest BCUT2D eigenvalue weighted by Crippen LogP contribution is -2.27. The first-order valence-electron chi connectivity index (χ1n) is 3.15. The quantitative estimate of drug-likeness (QED) is 0.817. The molecule has 0 unspecified atom stereocenters. The van der Waals surface area contributed by atoms with E-state index in [1.54, 1.807) is 0 Å². The highest BCUT2D eigenvalue weighted by atomic mass is 79.9. The average Bonchev–Trinajstić information content (AvgIpc) is 2.11. The Labute approximate surface area is 83.7 Å². The molecule has 0 radical (unpaired) electrons. The first-order chi connectivity index (χ1) is 4.91. The van der Waals surface area contributed by atoms with Crippen LogP contribution < -0.4 is 5.73 Å². The Hall–Kier alpha value is 0.430. The summed E-state index contributed by atoms with van der Waals surface area (Å²) in [5.41, 5.74) is 5.58. The molecule has 0 aromatic carbocycles. The third-order valence-corrected chi connectivity index (χ3v) is 4.09. The molecule has 0 saturated carbocycles. The van der Waals surface area contributed by atoms with Gasteiger partial charge in [-0.3, -0.25) is 0 Å². The van der Waals surface area contributed by atoms with E-state index in [0.717, 1.165) is 13.7 Å². The van der Waals surface area contributed by atoms with Crippen LogP contribution >= 0.6 is 38.9 Å². The van der Waals surface area contributed by atoms with Crippen LogP contribution in [0, 0.1) is 0 Å². The highest BCUT2D eigenvalue weighted by molar-refractivity contribution is 9.10. The molecule has 0 fully saturated rings. The zero-order chi connectivity index (χ0) is 8.65. The monoisotopic (exact) mass is 253 g/mol. The van der Waals surface area contributed by atoms with Gasteiger partial charge in [-0.1, -0.05) is 11.6 Å². The first kappa shape index (κ1) is 9.52. The lowest BCUT2D eigenvalue weighted by atomic mass is 10.1. The molecule has 0 aliphatic carbocycles. The van der Waals surface area contributed by atoms with Crippen molar-refractivity contribution in [2.24, 2.45) is 5.73 Å². The fraction of sp³-hybridized carbons (Fsp3) is 0.429. The van der Waals surface area contributed by atoms with Crippen molar-refractivity contribution in [1.82, 2.24) is 0 Å². The predicted octanol–water partition coefficient (Wildman–Crippen LogP) is 3.36. The molecule has 1 aromatic heterocycles. The molecule has 0 spiro atoms. The summed E-state index contributed by atoms with van der Waals surface area (Å²) in [5, 5.41) is 0. The molecule has 11 heavy (non-hydrogen) atoms. The van der Waals surface area contributed by atoms with Crippen molar-refractivity contribution in [1.29, 1.82) is 0 Å². The van der Waals surface area contributed by atoms with E-state index in [9.17, 15) is 0 Å². The molecule has 0 amide bonds. The van der Waals surface area contributed by atoms with Crippen molar-refractivity contribution in [3.8, 4) is 0 Å². The average molecular weight is 255 g/mol. The van der Waals surface area contributed by atoms with E-state index in [1.807, 2.05) is 19.9 Å². The standard InChI is InChI=1S/C7H9BrClNS/c1-7(2,10)5-3-4(8)6(9)11-5/h3H,10H2,1-2H3. The Balaban J connectivity index is 3.08. The van der Waals surface area contributed by atoms with Crippen LogP contribution in [-0.2, 0) is 5.54 Å². The normalized spacial score (nSPS) is 12.1. The summed E-state index contributed by atoms with van der Waals surface area (Å²) in [7, 11) is 0. The van der Waals surface area contributed by atoms with E-state index in [1.165, 1.54) is 11.3 Å². The minimum atomic E-state index is -0.291. The number of nitrogens with two attached hydrogens (primary N) is 1. The van der Waals surface area contributed by atoms with Gasteiger partial charge in [0.2, 0.25) is 0 Å². The van der Waals surface area contributed by atoms with Crippen molar-refractivity contribution in [2.45, 2.75) is 19.4 Å². The molecule has 1 heterocycles. The van der Waals surface area contributed by atoms with Gasteiger partial charge < -0.3 is 5.73 Å². The number of hydrogen-bond donors (Lipinski definition) is 1. The molecular formula is C7H9BrClNS. The zero-order valence-corrected chi connectivity index (χ0v) is 9.48. The SMILES string of the molecule is CC(C)(N)c1cc(Br)c(Cl)s1.